The maximum absolute atomic E-state index is 12.8. The van der Waals surface area contributed by atoms with Gasteiger partial charge in [0.25, 0.3) is 11.7 Å². The normalized spacial score (nSPS) is 15.4. The quantitative estimate of drug-likeness (QED) is 0.325. The maximum Gasteiger partial charge on any atom is 0.291 e. The van der Waals surface area contributed by atoms with Crippen LogP contribution in [-0.2, 0) is 14.4 Å². The number of rotatable bonds is 14. The van der Waals surface area contributed by atoms with E-state index in [0.29, 0.717) is 6.54 Å². The van der Waals surface area contributed by atoms with Crippen LogP contribution in [0, 0.1) is 5.92 Å². The second-order valence-corrected chi connectivity index (χ2v) is 7.34. The van der Waals surface area contributed by atoms with Gasteiger partial charge in [-0.05, 0) is 32.1 Å². The van der Waals surface area contributed by atoms with Gasteiger partial charge in [0.05, 0.1) is 0 Å². The van der Waals surface area contributed by atoms with Crippen molar-refractivity contribution in [1.82, 2.24) is 16.0 Å². The van der Waals surface area contributed by atoms with Crippen LogP contribution in [0.15, 0.2) is 0 Å². The van der Waals surface area contributed by atoms with Gasteiger partial charge >= 0.3 is 0 Å². The highest BCUT2D eigenvalue weighted by Gasteiger charge is 2.32. The Kier molecular flexibility index (Phi) is 11.2. The van der Waals surface area contributed by atoms with Gasteiger partial charge in [0.15, 0.2) is 0 Å². The SMILES string of the molecule is CCCCC(CCCC)C(=O)NC(NC1CCC1)C(=O)C(=O)NCCC. The van der Waals surface area contributed by atoms with Gasteiger partial charge < -0.3 is 10.6 Å². The van der Waals surface area contributed by atoms with E-state index in [1.54, 1.807) is 0 Å². The van der Waals surface area contributed by atoms with Crippen LogP contribution in [0.1, 0.15) is 85.0 Å². The molecule has 3 N–H and O–H groups in total. The number of hydrogen-bond donors (Lipinski definition) is 3. The van der Waals surface area contributed by atoms with Crippen LogP contribution < -0.4 is 16.0 Å². The summed E-state index contributed by atoms with van der Waals surface area (Å²) in [4.78, 5) is 37.4. The van der Waals surface area contributed by atoms with Gasteiger partial charge in [0.2, 0.25) is 5.91 Å². The molecule has 6 heteroatoms. The van der Waals surface area contributed by atoms with E-state index in [9.17, 15) is 14.4 Å². The average Bonchev–Trinajstić information content (AvgIpc) is 2.60. The number of carbonyl (C=O) groups is 3. The van der Waals surface area contributed by atoms with Gasteiger partial charge in [-0.3, -0.25) is 19.7 Å². The molecule has 0 saturated heterocycles. The molecule has 0 aromatic carbocycles. The van der Waals surface area contributed by atoms with E-state index < -0.39 is 17.9 Å². The van der Waals surface area contributed by atoms with Gasteiger partial charge in [-0.15, -0.1) is 0 Å². The predicted octanol–water partition coefficient (Wildman–Crippen LogP) is 2.66. The summed E-state index contributed by atoms with van der Waals surface area (Å²) in [6.07, 6.45) is 8.64. The molecule has 0 aromatic heterocycles. The monoisotopic (exact) mass is 367 g/mol. The molecule has 150 valence electrons. The highest BCUT2D eigenvalue weighted by Crippen LogP contribution is 2.19. The van der Waals surface area contributed by atoms with Crippen LogP contribution in [0.4, 0.5) is 0 Å². The molecule has 1 atom stereocenters. The summed E-state index contributed by atoms with van der Waals surface area (Å²) < 4.78 is 0. The first-order valence-corrected chi connectivity index (χ1v) is 10.4. The highest BCUT2D eigenvalue weighted by atomic mass is 16.2. The first kappa shape index (κ1) is 22.6. The Balaban J connectivity index is 2.72. The molecule has 0 bridgehead atoms. The summed E-state index contributed by atoms with van der Waals surface area (Å²) in [6, 6.07) is 0.202. The second-order valence-electron chi connectivity index (χ2n) is 7.34. The molecular weight excluding hydrogens is 330 g/mol. The maximum atomic E-state index is 12.8. The molecule has 0 aliphatic heterocycles. The Morgan fingerprint density at radius 2 is 1.58 bits per heavy atom. The van der Waals surface area contributed by atoms with Crippen molar-refractivity contribution >= 4 is 17.6 Å². The largest absolute Gasteiger partial charge is 0.349 e. The van der Waals surface area contributed by atoms with Crippen LogP contribution in [0.2, 0.25) is 0 Å². The van der Waals surface area contributed by atoms with E-state index in [1.807, 2.05) is 6.92 Å². The number of nitrogens with one attached hydrogen (secondary N) is 3. The van der Waals surface area contributed by atoms with Crippen LogP contribution in [0.25, 0.3) is 0 Å². The molecule has 1 saturated carbocycles. The average molecular weight is 368 g/mol. The fourth-order valence-electron chi connectivity index (χ4n) is 3.02. The van der Waals surface area contributed by atoms with Gasteiger partial charge in [-0.2, -0.15) is 0 Å². The molecule has 0 radical (unpaired) electrons. The second kappa shape index (κ2) is 12.8. The Bertz CT molecular complexity index is 442. The zero-order valence-electron chi connectivity index (χ0n) is 16.7. The van der Waals surface area contributed by atoms with Crippen molar-refractivity contribution < 1.29 is 14.4 Å². The molecular formula is C20H37N3O3. The van der Waals surface area contributed by atoms with Crippen molar-refractivity contribution in [3.63, 3.8) is 0 Å². The first-order valence-electron chi connectivity index (χ1n) is 10.4. The van der Waals surface area contributed by atoms with E-state index in [1.165, 1.54) is 0 Å². The van der Waals surface area contributed by atoms with Crippen LogP contribution >= 0.6 is 0 Å². The molecule has 26 heavy (non-hydrogen) atoms. The zero-order chi connectivity index (χ0) is 19.4. The Hall–Kier alpha value is -1.43. The van der Waals surface area contributed by atoms with Crippen molar-refractivity contribution in [3.8, 4) is 0 Å². The number of Topliss-reactive ketones (excluding diaryl/α,β-unsaturated/α-hetero) is 1. The first-order chi connectivity index (χ1) is 12.5. The minimum atomic E-state index is -0.921. The van der Waals surface area contributed by atoms with Gasteiger partial charge in [-0.1, -0.05) is 52.9 Å². The van der Waals surface area contributed by atoms with E-state index in [0.717, 1.165) is 64.2 Å². The molecule has 1 aliphatic rings. The number of amides is 2. The van der Waals surface area contributed by atoms with Crippen LogP contribution in [0.3, 0.4) is 0 Å². The van der Waals surface area contributed by atoms with Crippen LogP contribution in [0.5, 0.6) is 0 Å². The minimum absolute atomic E-state index is 0.0907. The Morgan fingerprint density at radius 3 is 2.04 bits per heavy atom. The van der Waals surface area contributed by atoms with Crippen molar-refractivity contribution in [2.75, 3.05) is 6.54 Å². The van der Waals surface area contributed by atoms with Crippen molar-refractivity contribution in [2.45, 2.75) is 97.2 Å². The molecule has 1 rings (SSSR count). The summed E-state index contributed by atoms with van der Waals surface area (Å²) in [7, 11) is 0. The molecule has 1 aliphatic carbocycles. The van der Waals surface area contributed by atoms with Gasteiger partial charge in [0.1, 0.15) is 6.17 Å². The van der Waals surface area contributed by atoms with E-state index in [2.05, 4.69) is 29.8 Å². The van der Waals surface area contributed by atoms with Crippen LogP contribution in [-0.4, -0.2) is 36.3 Å². The summed E-state index contributed by atoms with van der Waals surface area (Å²) >= 11 is 0. The predicted molar refractivity (Wildman–Crippen MR) is 104 cm³/mol. The number of ketones is 1. The van der Waals surface area contributed by atoms with Gasteiger partial charge in [0, 0.05) is 18.5 Å². The summed E-state index contributed by atoms with van der Waals surface area (Å²) in [6.45, 7) is 6.61. The van der Waals surface area contributed by atoms with Crippen molar-refractivity contribution in [1.29, 1.82) is 0 Å². The third-order valence-electron chi connectivity index (χ3n) is 5.00. The fourth-order valence-corrected chi connectivity index (χ4v) is 3.02. The molecule has 0 heterocycles. The lowest BCUT2D eigenvalue weighted by atomic mass is 9.92. The summed E-state index contributed by atoms with van der Waals surface area (Å²) in [5.74, 6) is -1.42. The Labute approximate surface area is 158 Å². The standard InChI is InChI=1S/C20H37N3O3/c1-4-7-10-15(11-8-5-2)19(25)23-18(22-16-12-9-13-16)17(24)20(26)21-14-6-3/h15-16,18,22H,4-14H2,1-3H3,(H,21,26)(H,23,25). The minimum Gasteiger partial charge on any atom is -0.349 e. The zero-order valence-corrected chi connectivity index (χ0v) is 16.7. The lowest BCUT2D eigenvalue weighted by molar-refractivity contribution is -0.141. The molecule has 6 nitrogen and oxygen atoms in total. The lowest BCUT2D eigenvalue weighted by Gasteiger charge is -2.31. The topological polar surface area (TPSA) is 87.3 Å². The molecule has 0 spiro atoms. The third kappa shape index (κ3) is 7.85. The third-order valence-corrected chi connectivity index (χ3v) is 5.00. The summed E-state index contributed by atoms with van der Waals surface area (Å²) in [5, 5.41) is 8.61. The Morgan fingerprint density at radius 1 is 0.962 bits per heavy atom. The number of hydrogen-bond acceptors (Lipinski definition) is 4. The smallest absolute Gasteiger partial charge is 0.291 e. The van der Waals surface area contributed by atoms with Crippen molar-refractivity contribution in [2.24, 2.45) is 5.92 Å². The van der Waals surface area contributed by atoms with Gasteiger partial charge in [-0.25, -0.2) is 0 Å². The summed E-state index contributed by atoms with van der Waals surface area (Å²) in [5.41, 5.74) is 0. The molecule has 0 aromatic rings. The highest BCUT2D eigenvalue weighted by molar-refractivity contribution is 6.38. The van der Waals surface area contributed by atoms with E-state index >= 15 is 0 Å². The number of unbranched alkanes of at least 4 members (excludes halogenated alkanes) is 2. The number of carbonyl (C=O) groups excluding carboxylic acids is 3. The molecule has 2 amide bonds. The molecule has 1 unspecified atom stereocenters. The fraction of sp³-hybridized carbons (Fsp3) is 0.850. The van der Waals surface area contributed by atoms with E-state index in [-0.39, 0.29) is 17.9 Å². The molecule has 1 fully saturated rings. The lowest BCUT2D eigenvalue weighted by Crippen LogP contribution is -2.59. The van der Waals surface area contributed by atoms with E-state index in [4.69, 9.17) is 0 Å². The van der Waals surface area contributed by atoms with Crippen molar-refractivity contribution in [3.05, 3.63) is 0 Å².